The van der Waals surface area contributed by atoms with Crippen LogP contribution in [-0.4, -0.2) is 42.0 Å². The van der Waals surface area contributed by atoms with Gasteiger partial charge in [-0.1, -0.05) is 5.92 Å². The van der Waals surface area contributed by atoms with E-state index in [1.54, 1.807) is 20.0 Å². The molecule has 0 aromatic carbocycles. The number of ether oxygens (including phenoxy) is 1. The van der Waals surface area contributed by atoms with Crippen LogP contribution in [0.15, 0.2) is 16.7 Å². The van der Waals surface area contributed by atoms with Gasteiger partial charge in [0.25, 0.3) is 0 Å². The Bertz CT molecular complexity index is 508. The molecule has 2 heterocycles. The summed E-state index contributed by atoms with van der Waals surface area (Å²) in [5.41, 5.74) is 0.651. The van der Waals surface area contributed by atoms with E-state index in [2.05, 4.69) is 37.7 Å². The second-order valence-corrected chi connectivity index (χ2v) is 5.85. The van der Waals surface area contributed by atoms with Crippen LogP contribution in [0.25, 0.3) is 0 Å². The summed E-state index contributed by atoms with van der Waals surface area (Å²) < 4.78 is 6.27. The van der Waals surface area contributed by atoms with Crippen LogP contribution in [0, 0.1) is 11.8 Å². The summed E-state index contributed by atoms with van der Waals surface area (Å²) in [6.07, 6.45) is 1.72. The van der Waals surface area contributed by atoms with Gasteiger partial charge in [-0.05, 0) is 41.8 Å². The maximum atomic E-state index is 9.69. The van der Waals surface area contributed by atoms with Crippen molar-refractivity contribution in [3.05, 3.63) is 22.4 Å². The predicted molar refractivity (Wildman–Crippen MR) is 78.1 cm³/mol. The summed E-state index contributed by atoms with van der Waals surface area (Å²) in [6.45, 7) is 6.40. The molecule has 0 saturated carbocycles. The van der Waals surface area contributed by atoms with Gasteiger partial charge in [0.1, 0.15) is 11.3 Å². The van der Waals surface area contributed by atoms with Crippen LogP contribution in [0.2, 0.25) is 0 Å². The lowest BCUT2D eigenvalue weighted by atomic mass is 10.1. The Morgan fingerprint density at radius 2 is 2.11 bits per heavy atom. The fraction of sp³-hybridized carbons (Fsp3) is 0.500. The van der Waals surface area contributed by atoms with Gasteiger partial charge < -0.3 is 14.7 Å². The third-order valence-electron chi connectivity index (χ3n) is 2.67. The molecule has 1 aliphatic heterocycles. The number of hydrogen-bond donors (Lipinski definition) is 1. The standard InChI is InChI=1S/C14H17BrN2O2/c1-14(2,18)4-3-12-13(9-11(15)10-16-12)17-5-7-19-8-6-17/h9-10,18H,5-8H2,1-2H3. The molecule has 1 fully saturated rings. The molecule has 0 radical (unpaired) electrons. The fourth-order valence-electron chi connectivity index (χ4n) is 1.78. The highest BCUT2D eigenvalue weighted by Gasteiger charge is 2.16. The molecule has 4 nitrogen and oxygen atoms in total. The highest BCUT2D eigenvalue weighted by Crippen LogP contribution is 2.23. The molecule has 102 valence electrons. The van der Waals surface area contributed by atoms with Crippen molar-refractivity contribution in [3.8, 4) is 11.8 Å². The first-order valence-electron chi connectivity index (χ1n) is 6.19. The van der Waals surface area contributed by atoms with Gasteiger partial charge in [-0.25, -0.2) is 4.98 Å². The maximum Gasteiger partial charge on any atom is 0.136 e. The number of rotatable bonds is 1. The molecule has 1 saturated heterocycles. The Hall–Kier alpha value is -1.09. The number of morpholine rings is 1. The zero-order chi connectivity index (χ0) is 13.9. The highest BCUT2D eigenvalue weighted by molar-refractivity contribution is 9.10. The van der Waals surface area contributed by atoms with Gasteiger partial charge in [0.2, 0.25) is 0 Å². The van der Waals surface area contributed by atoms with E-state index >= 15 is 0 Å². The van der Waals surface area contributed by atoms with E-state index in [9.17, 15) is 5.11 Å². The zero-order valence-electron chi connectivity index (χ0n) is 11.1. The third-order valence-corrected chi connectivity index (χ3v) is 3.11. The topological polar surface area (TPSA) is 45.6 Å². The quantitative estimate of drug-likeness (QED) is 0.800. The first-order valence-corrected chi connectivity index (χ1v) is 6.99. The number of pyridine rings is 1. The Morgan fingerprint density at radius 3 is 2.74 bits per heavy atom. The number of aliphatic hydroxyl groups is 1. The number of anilines is 1. The number of nitrogens with zero attached hydrogens (tertiary/aromatic N) is 2. The van der Waals surface area contributed by atoms with Crippen LogP contribution in [0.5, 0.6) is 0 Å². The molecule has 1 aromatic heterocycles. The predicted octanol–water partition coefficient (Wildman–Crippen LogP) is 1.80. The second-order valence-electron chi connectivity index (χ2n) is 4.93. The molecule has 0 amide bonds. The van der Waals surface area contributed by atoms with Crippen molar-refractivity contribution in [1.29, 1.82) is 0 Å². The Balaban J connectivity index is 2.34. The van der Waals surface area contributed by atoms with Crippen molar-refractivity contribution in [2.45, 2.75) is 19.4 Å². The highest BCUT2D eigenvalue weighted by atomic mass is 79.9. The van der Waals surface area contributed by atoms with Gasteiger partial charge in [0.15, 0.2) is 0 Å². The van der Waals surface area contributed by atoms with Crippen molar-refractivity contribution in [1.82, 2.24) is 4.98 Å². The van der Waals surface area contributed by atoms with E-state index in [0.29, 0.717) is 18.9 Å². The minimum absolute atomic E-state index is 0.687. The monoisotopic (exact) mass is 324 g/mol. The molecule has 19 heavy (non-hydrogen) atoms. The Labute approximate surface area is 121 Å². The third kappa shape index (κ3) is 4.20. The zero-order valence-corrected chi connectivity index (χ0v) is 12.7. The van der Waals surface area contributed by atoms with Gasteiger partial charge in [-0.3, -0.25) is 0 Å². The number of halogens is 1. The van der Waals surface area contributed by atoms with Crippen LogP contribution in [0.3, 0.4) is 0 Å². The Kier molecular flexibility index (Phi) is 4.46. The molecule has 1 N–H and O–H groups in total. The molecule has 1 aromatic rings. The van der Waals surface area contributed by atoms with Gasteiger partial charge in [0, 0.05) is 23.8 Å². The minimum Gasteiger partial charge on any atom is -0.378 e. The summed E-state index contributed by atoms with van der Waals surface area (Å²) in [7, 11) is 0. The normalized spacial score (nSPS) is 15.9. The van der Waals surface area contributed by atoms with Gasteiger partial charge in [0.05, 0.1) is 18.9 Å². The summed E-state index contributed by atoms with van der Waals surface area (Å²) in [4.78, 5) is 6.55. The molecular weight excluding hydrogens is 308 g/mol. The maximum absolute atomic E-state index is 9.69. The molecule has 2 rings (SSSR count). The summed E-state index contributed by atoms with van der Waals surface area (Å²) in [5, 5.41) is 9.69. The van der Waals surface area contributed by atoms with Gasteiger partial charge in [-0.2, -0.15) is 0 Å². The summed E-state index contributed by atoms with van der Waals surface area (Å²) >= 11 is 3.44. The largest absolute Gasteiger partial charge is 0.378 e. The molecule has 0 atom stereocenters. The average molecular weight is 325 g/mol. The lowest BCUT2D eigenvalue weighted by molar-refractivity contribution is 0.122. The Morgan fingerprint density at radius 1 is 1.42 bits per heavy atom. The van der Waals surface area contributed by atoms with Gasteiger partial charge >= 0.3 is 0 Å². The SMILES string of the molecule is CC(C)(O)C#Cc1ncc(Br)cc1N1CCOCC1. The van der Waals surface area contributed by atoms with E-state index in [1.165, 1.54) is 0 Å². The second kappa shape index (κ2) is 5.91. The minimum atomic E-state index is -1.02. The van der Waals surface area contributed by atoms with Crippen LogP contribution in [0.1, 0.15) is 19.5 Å². The van der Waals surface area contributed by atoms with Crippen LogP contribution in [-0.2, 0) is 4.74 Å². The van der Waals surface area contributed by atoms with Gasteiger partial charge in [-0.15, -0.1) is 0 Å². The van der Waals surface area contributed by atoms with E-state index < -0.39 is 5.60 Å². The van der Waals surface area contributed by atoms with Crippen molar-refractivity contribution in [3.63, 3.8) is 0 Å². The fourth-order valence-corrected chi connectivity index (χ4v) is 2.10. The molecule has 0 spiro atoms. The smallest absolute Gasteiger partial charge is 0.136 e. The van der Waals surface area contributed by atoms with E-state index in [1.807, 2.05) is 6.07 Å². The van der Waals surface area contributed by atoms with Crippen molar-refractivity contribution in [2.75, 3.05) is 31.2 Å². The van der Waals surface area contributed by atoms with Crippen LogP contribution in [0.4, 0.5) is 5.69 Å². The van der Waals surface area contributed by atoms with Crippen molar-refractivity contribution in [2.24, 2.45) is 0 Å². The molecular formula is C14H17BrN2O2. The molecule has 1 aliphatic rings. The van der Waals surface area contributed by atoms with Crippen LogP contribution < -0.4 is 4.90 Å². The van der Waals surface area contributed by atoms with Crippen molar-refractivity contribution < 1.29 is 9.84 Å². The first-order chi connectivity index (χ1) is 8.96. The molecule has 0 bridgehead atoms. The average Bonchev–Trinajstić information content (AvgIpc) is 2.37. The van der Waals surface area contributed by atoms with Crippen LogP contribution >= 0.6 is 15.9 Å². The molecule has 0 aliphatic carbocycles. The molecule has 0 unspecified atom stereocenters. The molecule has 5 heteroatoms. The summed E-state index contributed by atoms with van der Waals surface area (Å²) in [5.74, 6) is 5.77. The number of aromatic nitrogens is 1. The lowest BCUT2D eigenvalue weighted by Gasteiger charge is -2.29. The number of hydrogen-bond acceptors (Lipinski definition) is 4. The summed E-state index contributed by atoms with van der Waals surface area (Å²) in [6, 6.07) is 2.01. The lowest BCUT2D eigenvalue weighted by Crippen LogP contribution is -2.36. The van der Waals surface area contributed by atoms with E-state index in [-0.39, 0.29) is 0 Å². The van der Waals surface area contributed by atoms with E-state index in [4.69, 9.17) is 4.74 Å². The first kappa shape index (κ1) is 14.3. The van der Waals surface area contributed by atoms with Crippen molar-refractivity contribution >= 4 is 21.6 Å². The van der Waals surface area contributed by atoms with E-state index in [0.717, 1.165) is 23.2 Å².